The highest BCUT2D eigenvalue weighted by molar-refractivity contribution is 7.89. The molecule has 0 aliphatic heterocycles. The Balaban J connectivity index is 1.51. The second-order valence-corrected chi connectivity index (χ2v) is 9.31. The van der Waals surface area contributed by atoms with Crippen LogP contribution >= 0.6 is 23.2 Å². The summed E-state index contributed by atoms with van der Waals surface area (Å²) in [5.74, 6) is -0.536. The Morgan fingerprint density at radius 1 is 1.20 bits per heavy atom. The number of esters is 1. The molecule has 3 rings (SSSR count). The molecule has 1 unspecified atom stereocenters. The zero-order valence-electron chi connectivity index (χ0n) is 13.2. The minimum atomic E-state index is -3.68. The summed E-state index contributed by atoms with van der Waals surface area (Å²) in [6, 6.07) is 12.4. The quantitative estimate of drug-likeness (QED) is 0.570. The van der Waals surface area contributed by atoms with Crippen molar-refractivity contribution in [1.29, 1.82) is 0 Å². The molecule has 25 heavy (non-hydrogen) atoms. The van der Waals surface area contributed by atoms with Crippen LogP contribution in [0.1, 0.15) is 12.8 Å². The van der Waals surface area contributed by atoms with E-state index in [1.807, 2.05) is 24.3 Å². The molecule has 1 N–H and O–H groups in total. The van der Waals surface area contributed by atoms with Crippen LogP contribution in [0.3, 0.4) is 0 Å². The Hall–Kier alpha value is -1.34. The summed E-state index contributed by atoms with van der Waals surface area (Å²) in [5, 5.41) is 1.79. The zero-order valence-corrected chi connectivity index (χ0v) is 15.6. The van der Waals surface area contributed by atoms with Gasteiger partial charge < -0.3 is 4.74 Å². The number of hydrogen-bond donors (Lipinski definition) is 1. The smallest absolute Gasteiger partial charge is 0.307 e. The predicted molar refractivity (Wildman–Crippen MR) is 97.3 cm³/mol. The van der Waals surface area contributed by atoms with Crippen molar-refractivity contribution in [3.63, 3.8) is 0 Å². The van der Waals surface area contributed by atoms with Crippen LogP contribution in [0, 0.1) is 5.92 Å². The predicted octanol–water partition coefficient (Wildman–Crippen LogP) is 3.25. The fourth-order valence-electron chi connectivity index (χ4n) is 2.42. The molecule has 0 saturated heterocycles. The fourth-order valence-corrected chi connectivity index (χ4v) is 3.99. The number of sulfonamides is 1. The van der Waals surface area contributed by atoms with Crippen molar-refractivity contribution < 1.29 is 17.9 Å². The Kier molecular flexibility index (Phi) is 5.25. The minimum Gasteiger partial charge on any atom is -0.465 e. The van der Waals surface area contributed by atoms with E-state index in [1.165, 1.54) is 6.07 Å². The maximum absolute atomic E-state index is 12.3. The topological polar surface area (TPSA) is 72.5 Å². The first kappa shape index (κ1) is 18.5. The molecule has 1 aliphatic carbocycles. The molecule has 5 nitrogen and oxygen atoms in total. The van der Waals surface area contributed by atoms with Gasteiger partial charge >= 0.3 is 5.97 Å². The summed E-state index contributed by atoms with van der Waals surface area (Å²) >= 11 is 11.7. The molecule has 8 heteroatoms. The third-order valence-corrected chi connectivity index (χ3v) is 6.44. The summed E-state index contributed by atoms with van der Waals surface area (Å²) in [6.45, 7) is 0.120. The first-order valence-corrected chi connectivity index (χ1v) is 10.0. The SMILES string of the molecule is O=C(CCNS(=O)(=O)c1ccc2ccccc2c1)OCC1CC1(Cl)Cl. The van der Waals surface area contributed by atoms with E-state index in [4.69, 9.17) is 27.9 Å². The Bertz CT molecular complexity index is 898. The maximum atomic E-state index is 12.3. The highest BCUT2D eigenvalue weighted by Gasteiger charge is 2.52. The van der Waals surface area contributed by atoms with E-state index in [0.717, 1.165) is 10.8 Å². The largest absolute Gasteiger partial charge is 0.465 e. The van der Waals surface area contributed by atoms with Crippen molar-refractivity contribution in [2.45, 2.75) is 22.1 Å². The van der Waals surface area contributed by atoms with Crippen molar-refractivity contribution >= 4 is 50.0 Å². The van der Waals surface area contributed by atoms with Gasteiger partial charge in [-0.2, -0.15) is 0 Å². The number of rotatable bonds is 7. The highest BCUT2D eigenvalue weighted by Crippen LogP contribution is 2.53. The van der Waals surface area contributed by atoms with E-state index in [2.05, 4.69) is 4.72 Å². The van der Waals surface area contributed by atoms with Gasteiger partial charge in [0, 0.05) is 12.5 Å². The summed E-state index contributed by atoms with van der Waals surface area (Å²) in [7, 11) is -3.68. The van der Waals surface area contributed by atoms with Gasteiger partial charge in [-0.3, -0.25) is 4.79 Å². The number of fused-ring (bicyclic) bond motifs is 1. The van der Waals surface area contributed by atoms with Gasteiger partial charge in [-0.1, -0.05) is 30.3 Å². The maximum Gasteiger partial charge on any atom is 0.307 e. The molecule has 0 aromatic heterocycles. The molecule has 2 aromatic rings. The average molecular weight is 402 g/mol. The van der Waals surface area contributed by atoms with Crippen molar-refractivity contribution in [1.82, 2.24) is 4.72 Å². The average Bonchev–Trinajstić information content (AvgIpc) is 3.19. The Labute approximate surface area is 156 Å². The lowest BCUT2D eigenvalue weighted by Gasteiger charge is -2.08. The monoisotopic (exact) mass is 401 g/mol. The van der Waals surface area contributed by atoms with Gasteiger partial charge in [-0.05, 0) is 29.3 Å². The standard InChI is InChI=1S/C17H17Cl2NO4S/c18-17(19)10-14(17)11-24-16(21)7-8-20-25(22,23)15-6-5-12-3-1-2-4-13(12)9-15/h1-6,9,14,20H,7-8,10-11H2. The van der Waals surface area contributed by atoms with Crippen molar-refractivity contribution in [2.24, 2.45) is 5.92 Å². The van der Waals surface area contributed by atoms with Crippen molar-refractivity contribution in [3.8, 4) is 0 Å². The molecule has 0 spiro atoms. The lowest BCUT2D eigenvalue weighted by molar-refractivity contribution is -0.143. The van der Waals surface area contributed by atoms with Crippen LogP contribution in [-0.4, -0.2) is 31.9 Å². The Morgan fingerprint density at radius 3 is 2.56 bits per heavy atom. The van der Waals surface area contributed by atoms with E-state index < -0.39 is 20.3 Å². The van der Waals surface area contributed by atoms with Crippen LogP contribution in [0.4, 0.5) is 0 Å². The van der Waals surface area contributed by atoms with E-state index in [9.17, 15) is 13.2 Å². The molecule has 0 radical (unpaired) electrons. The molecule has 0 heterocycles. The first-order valence-electron chi connectivity index (χ1n) is 7.80. The lowest BCUT2D eigenvalue weighted by atomic mass is 10.1. The minimum absolute atomic E-state index is 0.0362. The number of benzene rings is 2. The van der Waals surface area contributed by atoms with Gasteiger partial charge in [-0.25, -0.2) is 13.1 Å². The van der Waals surface area contributed by atoms with Gasteiger partial charge in [0.15, 0.2) is 0 Å². The van der Waals surface area contributed by atoms with Crippen LogP contribution in [0.25, 0.3) is 10.8 Å². The first-order chi connectivity index (χ1) is 11.8. The van der Waals surface area contributed by atoms with Crippen molar-refractivity contribution in [2.75, 3.05) is 13.2 Å². The molecule has 0 amide bonds. The number of hydrogen-bond acceptors (Lipinski definition) is 4. The lowest BCUT2D eigenvalue weighted by Crippen LogP contribution is -2.27. The van der Waals surface area contributed by atoms with Crippen LogP contribution in [0.15, 0.2) is 47.4 Å². The molecule has 1 aliphatic rings. The normalized spacial score (nSPS) is 18.9. The summed E-state index contributed by atoms with van der Waals surface area (Å²) in [4.78, 5) is 11.8. The number of alkyl halides is 2. The van der Waals surface area contributed by atoms with Gasteiger partial charge in [0.25, 0.3) is 0 Å². The number of carbonyl (C=O) groups is 1. The van der Waals surface area contributed by atoms with E-state index in [0.29, 0.717) is 6.42 Å². The van der Waals surface area contributed by atoms with Crippen LogP contribution in [-0.2, 0) is 19.6 Å². The number of carbonyl (C=O) groups excluding carboxylic acids is 1. The number of ether oxygens (including phenoxy) is 1. The summed E-state index contributed by atoms with van der Waals surface area (Å²) < 4.78 is 31.3. The van der Waals surface area contributed by atoms with Crippen LogP contribution in [0.5, 0.6) is 0 Å². The number of halogens is 2. The fraction of sp³-hybridized carbons (Fsp3) is 0.353. The molecular formula is C17H17Cl2NO4S. The zero-order chi connectivity index (χ0) is 18.1. The summed E-state index contributed by atoms with van der Waals surface area (Å²) in [5.41, 5.74) is 0. The van der Waals surface area contributed by atoms with E-state index >= 15 is 0 Å². The molecule has 1 saturated carbocycles. The van der Waals surface area contributed by atoms with Gasteiger partial charge in [-0.15, -0.1) is 23.2 Å². The van der Waals surface area contributed by atoms with Crippen LogP contribution < -0.4 is 4.72 Å². The second-order valence-electron chi connectivity index (χ2n) is 6.00. The van der Waals surface area contributed by atoms with Crippen LogP contribution in [0.2, 0.25) is 0 Å². The molecule has 0 bridgehead atoms. The molecule has 1 fully saturated rings. The third kappa shape index (κ3) is 4.64. The number of nitrogens with one attached hydrogen (secondary N) is 1. The van der Waals surface area contributed by atoms with Gasteiger partial charge in [0.1, 0.15) is 4.33 Å². The highest BCUT2D eigenvalue weighted by atomic mass is 35.5. The van der Waals surface area contributed by atoms with Crippen molar-refractivity contribution in [3.05, 3.63) is 42.5 Å². The molecule has 2 aromatic carbocycles. The second kappa shape index (κ2) is 7.11. The Morgan fingerprint density at radius 2 is 1.88 bits per heavy atom. The molecule has 134 valence electrons. The molecular weight excluding hydrogens is 385 g/mol. The van der Waals surface area contributed by atoms with Gasteiger partial charge in [0.2, 0.25) is 10.0 Å². The molecule has 1 atom stereocenters. The van der Waals surface area contributed by atoms with E-state index in [1.54, 1.807) is 12.1 Å². The summed E-state index contributed by atoms with van der Waals surface area (Å²) in [6.07, 6.45) is 0.537. The van der Waals surface area contributed by atoms with E-state index in [-0.39, 0.29) is 30.4 Å². The third-order valence-electron chi connectivity index (χ3n) is 4.05. The van der Waals surface area contributed by atoms with Gasteiger partial charge in [0.05, 0.1) is 17.9 Å².